The average Bonchev–Trinajstić information content (AvgIpc) is 2.41. The molecule has 2 aliphatic rings. The first-order valence-corrected chi connectivity index (χ1v) is 7.34. The van der Waals surface area contributed by atoms with Crippen molar-refractivity contribution in [1.82, 2.24) is 10.2 Å². The van der Waals surface area contributed by atoms with E-state index in [1.54, 1.807) is 7.11 Å². The van der Waals surface area contributed by atoms with Gasteiger partial charge in [0.2, 0.25) is 0 Å². The van der Waals surface area contributed by atoms with Crippen LogP contribution >= 0.6 is 0 Å². The van der Waals surface area contributed by atoms with Crippen molar-refractivity contribution in [3.8, 4) is 0 Å². The topological polar surface area (TPSA) is 41.6 Å². The highest BCUT2D eigenvalue weighted by molar-refractivity contribution is 5.74. The smallest absolute Gasteiger partial charge is 0.317 e. The van der Waals surface area contributed by atoms with Gasteiger partial charge in [0, 0.05) is 32.8 Å². The number of likely N-dealkylation sites (tertiary alicyclic amines) is 1. The van der Waals surface area contributed by atoms with Crippen molar-refractivity contribution in [2.24, 2.45) is 5.92 Å². The highest BCUT2D eigenvalue weighted by atomic mass is 16.5. The van der Waals surface area contributed by atoms with Gasteiger partial charge in [0.15, 0.2) is 0 Å². The molecule has 0 radical (unpaired) electrons. The summed E-state index contributed by atoms with van der Waals surface area (Å²) in [6, 6.07) is 0.570. The van der Waals surface area contributed by atoms with Gasteiger partial charge in [0.1, 0.15) is 0 Å². The monoisotopic (exact) mass is 254 g/mol. The minimum Gasteiger partial charge on any atom is -0.384 e. The van der Waals surface area contributed by atoms with Gasteiger partial charge in [-0.2, -0.15) is 0 Å². The number of rotatable bonds is 3. The Morgan fingerprint density at radius 1 is 1.17 bits per heavy atom. The van der Waals surface area contributed by atoms with Crippen LogP contribution < -0.4 is 5.32 Å². The Bertz CT molecular complexity index is 257. The minimum absolute atomic E-state index is 0.151. The molecular formula is C14H26N2O2. The highest BCUT2D eigenvalue weighted by Gasteiger charge is 2.24. The summed E-state index contributed by atoms with van der Waals surface area (Å²) < 4.78 is 5.18. The Kier molecular flexibility index (Phi) is 5.29. The van der Waals surface area contributed by atoms with E-state index in [0.717, 1.165) is 45.4 Å². The molecule has 4 heteroatoms. The Morgan fingerprint density at radius 3 is 2.44 bits per heavy atom. The molecule has 0 bridgehead atoms. The minimum atomic E-state index is 0.151. The van der Waals surface area contributed by atoms with Gasteiger partial charge in [-0.3, -0.25) is 0 Å². The molecule has 1 aliphatic heterocycles. The van der Waals surface area contributed by atoms with Gasteiger partial charge in [0.05, 0.1) is 0 Å². The zero-order valence-corrected chi connectivity index (χ0v) is 11.5. The molecule has 1 saturated carbocycles. The number of amides is 2. The molecule has 1 aliphatic carbocycles. The van der Waals surface area contributed by atoms with Crippen molar-refractivity contribution in [3.63, 3.8) is 0 Å². The van der Waals surface area contributed by atoms with E-state index in [0.29, 0.717) is 12.0 Å². The van der Waals surface area contributed by atoms with Crippen LogP contribution in [-0.4, -0.2) is 43.8 Å². The third kappa shape index (κ3) is 3.87. The number of methoxy groups -OCH3 is 1. The number of ether oxygens (including phenoxy) is 1. The van der Waals surface area contributed by atoms with E-state index in [4.69, 9.17) is 4.74 Å². The van der Waals surface area contributed by atoms with Crippen LogP contribution in [0.1, 0.15) is 44.9 Å². The van der Waals surface area contributed by atoms with Gasteiger partial charge in [-0.05, 0) is 31.6 Å². The van der Waals surface area contributed by atoms with Crippen LogP contribution in [-0.2, 0) is 4.74 Å². The van der Waals surface area contributed by atoms with Crippen LogP contribution in [0.2, 0.25) is 0 Å². The molecule has 0 aromatic carbocycles. The SMILES string of the molecule is COCC1CCN(C(=O)NC2CCCCC2)CC1. The number of piperidine rings is 1. The molecule has 0 unspecified atom stereocenters. The van der Waals surface area contributed by atoms with E-state index in [1.807, 2.05) is 4.90 Å². The van der Waals surface area contributed by atoms with E-state index in [2.05, 4.69) is 5.32 Å². The molecular weight excluding hydrogens is 228 g/mol. The first-order valence-electron chi connectivity index (χ1n) is 7.34. The summed E-state index contributed by atoms with van der Waals surface area (Å²) in [5.41, 5.74) is 0. The number of hydrogen-bond acceptors (Lipinski definition) is 2. The number of urea groups is 1. The second-order valence-corrected chi connectivity index (χ2v) is 5.67. The molecule has 2 rings (SSSR count). The van der Waals surface area contributed by atoms with Gasteiger partial charge in [-0.25, -0.2) is 4.79 Å². The quantitative estimate of drug-likeness (QED) is 0.840. The van der Waals surface area contributed by atoms with Crippen LogP contribution in [0.15, 0.2) is 0 Å². The number of carbonyl (C=O) groups excluding carboxylic acids is 1. The molecule has 2 amide bonds. The lowest BCUT2D eigenvalue weighted by Crippen LogP contribution is -2.48. The van der Waals surface area contributed by atoms with Crippen LogP contribution in [0, 0.1) is 5.92 Å². The summed E-state index contributed by atoms with van der Waals surface area (Å²) in [5.74, 6) is 0.633. The molecule has 18 heavy (non-hydrogen) atoms. The first kappa shape index (κ1) is 13.7. The summed E-state index contributed by atoms with van der Waals surface area (Å²) in [4.78, 5) is 14.1. The lowest BCUT2D eigenvalue weighted by atomic mass is 9.95. The Labute approximate surface area is 110 Å². The molecule has 4 nitrogen and oxygen atoms in total. The standard InChI is InChI=1S/C14H26N2O2/c1-18-11-12-7-9-16(10-8-12)14(17)15-13-5-3-2-4-6-13/h12-13H,2-11H2,1H3,(H,15,17). The maximum Gasteiger partial charge on any atom is 0.317 e. The number of nitrogens with zero attached hydrogens (tertiary/aromatic N) is 1. The lowest BCUT2D eigenvalue weighted by Gasteiger charge is -2.33. The largest absolute Gasteiger partial charge is 0.384 e. The molecule has 104 valence electrons. The molecule has 0 atom stereocenters. The fourth-order valence-corrected chi connectivity index (χ4v) is 3.05. The molecule has 0 aromatic rings. The Balaban J connectivity index is 1.70. The van der Waals surface area contributed by atoms with Crippen LogP contribution in [0.5, 0.6) is 0 Å². The van der Waals surface area contributed by atoms with Gasteiger partial charge in [0.25, 0.3) is 0 Å². The number of nitrogens with one attached hydrogen (secondary N) is 1. The molecule has 1 N–H and O–H groups in total. The van der Waals surface area contributed by atoms with Crippen LogP contribution in [0.4, 0.5) is 4.79 Å². The second kappa shape index (κ2) is 6.98. The normalized spacial score (nSPS) is 23.1. The van der Waals surface area contributed by atoms with Crippen molar-refractivity contribution >= 4 is 6.03 Å². The van der Waals surface area contributed by atoms with E-state index in [-0.39, 0.29) is 6.03 Å². The predicted molar refractivity (Wildman–Crippen MR) is 71.6 cm³/mol. The lowest BCUT2D eigenvalue weighted by molar-refractivity contribution is 0.106. The second-order valence-electron chi connectivity index (χ2n) is 5.67. The van der Waals surface area contributed by atoms with Crippen molar-refractivity contribution in [2.75, 3.05) is 26.8 Å². The highest BCUT2D eigenvalue weighted by Crippen LogP contribution is 2.20. The average molecular weight is 254 g/mol. The van der Waals surface area contributed by atoms with Gasteiger partial charge in [-0.15, -0.1) is 0 Å². The summed E-state index contributed by atoms with van der Waals surface area (Å²) in [6.07, 6.45) is 8.33. The van der Waals surface area contributed by atoms with Crippen LogP contribution in [0.3, 0.4) is 0 Å². The molecule has 1 heterocycles. The van der Waals surface area contributed by atoms with Gasteiger partial charge < -0.3 is 15.0 Å². The Morgan fingerprint density at radius 2 is 1.83 bits per heavy atom. The van der Waals surface area contributed by atoms with Crippen molar-refractivity contribution in [2.45, 2.75) is 51.0 Å². The van der Waals surface area contributed by atoms with E-state index in [1.165, 1.54) is 19.3 Å². The third-order valence-electron chi connectivity index (χ3n) is 4.24. The summed E-state index contributed by atoms with van der Waals surface area (Å²) >= 11 is 0. The first-order chi connectivity index (χ1) is 8.79. The molecule has 0 aromatic heterocycles. The maximum absolute atomic E-state index is 12.1. The summed E-state index contributed by atoms with van der Waals surface area (Å²) in [6.45, 7) is 2.59. The van der Waals surface area contributed by atoms with E-state index < -0.39 is 0 Å². The van der Waals surface area contributed by atoms with E-state index >= 15 is 0 Å². The fourth-order valence-electron chi connectivity index (χ4n) is 3.05. The molecule has 2 fully saturated rings. The Hall–Kier alpha value is -0.770. The molecule has 1 saturated heterocycles. The van der Waals surface area contributed by atoms with E-state index in [9.17, 15) is 4.79 Å². The molecule has 0 spiro atoms. The number of hydrogen-bond donors (Lipinski definition) is 1. The van der Waals surface area contributed by atoms with Crippen LogP contribution in [0.25, 0.3) is 0 Å². The van der Waals surface area contributed by atoms with Gasteiger partial charge >= 0.3 is 6.03 Å². The van der Waals surface area contributed by atoms with Crippen molar-refractivity contribution in [1.29, 1.82) is 0 Å². The van der Waals surface area contributed by atoms with Crippen molar-refractivity contribution in [3.05, 3.63) is 0 Å². The zero-order chi connectivity index (χ0) is 12.8. The number of carbonyl (C=O) groups is 1. The maximum atomic E-state index is 12.1. The summed E-state index contributed by atoms with van der Waals surface area (Å²) in [5, 5.41) is 3.19. The van der Waals surface area contributed by atoms with Crippen molar-refractivity contribution < 1.29 is 9.53 Å². The fraction of sp³-hybridized carbons (Fsp3) is 0.929. The van der Waals surface area contributed by atoms with Gasteiger partial charge in [-0.1, -0.05) is 19.3 Å². The predicted octanol–water partition coefficient (Wildman–Crippen LogP) is 2.39. The zero-order valence-electron chi connectivity index (χ0n) is 11.5. The summed E-state index contributed by atoms with van der Waals surface area (Å²) in [7, 11) is 1.75. The third-order valence-corrected chi connectivity index (χ3v) is 4.24.